The number of pyridine rings is 1. The van der Waals surface area contributed by atoms with E-state index in [2.05, 4.69) is 42.8 Å². The van der Waals surface area contributed by atoms with Gasteiger partial charge >= 0.3 is 0 Å². The third-order valence-corrected chi connectivity index (χ3v) is 4.89. The van der Waals surface area contributed by atoms with Gasteiger partial charge in [0.05, 0.1) is 23.3 Å². The SMILES string of the molecule is C=CC(=O)C(CCN(C)C)c1cc2c(Nc3cccc(Br)c3)ncnc2cn1. The maximum absolute atomic E-state index is 12.4. The second kappa shape index (κ2) is 9.03. The number of halogens is 1. The fraction of sp³-hybridized carbons (Fsp3) is 0.238. The van der Waals surface area contributed by atoms with Crippen molar-refractivity contribution in [3.05, 3.63) is 65.7 Å². The second-order valence-corrected chi connectivity index (χ2v) is 7.65. The van der Waals surface area contributed by atoms with Gasteiger partial charge in [-0.25, -0.2) is 9.97 Å². The molecule has 0 aliphatic rings. The number of carbonyl (C=O) groups is 1. The zero-order chi connectivity index (χ0) is 20.1. The van der Waals surface area contributed by atoms with Gasteiger partial charge in [-0.15, -0.1) is 0 Å². The molecular weight excluding hydrogens is 418 g/mol. The van der Waals surface area contributed by atoms with Gasteiger partial charge in [0.25, 0.3) is 0 Å². The molecule has 0 radical (unpaired) electrons. The maximum Gasteiger partial charge on any atom is 0.164 e. The quantitative estimate of drug-likeness (QED) is 0.526. The third kappa shape index (κ3) is 4.79. The Kier molecular flexibility index (Phi) is 6.49. The number of ketones is 1. The van der Waals surface area contributed by atoms with E-state index in [1.54, 1.807) is 6.20 Å². The highest BCUT2D eigenvalue weighted by molar-refractivity contribution is 9.10. The predicted molar refractivity (Wildman–Crippen MR) is 116 cm³/mol. The summed E-state index contributed by atoms with van der Waals surface area (Å²) in [5, 5.41) is 4.14. The Bertz CT molecular complexity index is 1010. The molecule has 1 atom stereocenters. The fourth-order valence-electron chi connectivity index (χ4n) is 2.93. The summed E-state index contributed by atoms with van der Waals surface area (Å²) < 4.78 is 0.971. The summed E-state index contributed by atoms with van der Waals surface area (Å²) >= 11 is 3.48. The van der Waals surface area contributed by atoms with E-state index in [9.17, 15) is 4.79 Å². The number of nitrogens with zero attached hydrogens (tertiary/aromatic N) is 4. The normalized spacial score (nSPS) is 12.1. The van der Waals surface area contributed by atoms with Gasteiger partial charge in [0.1, 0.15) is 12.1 Å². The van der Waals surface area contributed by atoms with Crippen LogP contribution in [0.5, 0.6) is 0 Å². The van der Waals surface area contributed by atoms with E-state index in [0.717, 1.165) is 22.1 Å². The first-order chi connectivity index (χ1) is 13.5. The van der Waals surface area contributed by atoms with Gasteiger partial charge < -0.3 is 10.2 Å². The van der Waals surface area contributed by atoms with Crippen molar-refractivity contribution in [1.29, 1.82) is 0 Å². The molecule has 0 saturated heterocycles. The van der Waals surface area contributed by atoms with Crippen LogP contribution in [0.4, 0.5) is 11.5 Å². The summed E-state index contributed by atoms with van der Waals surface area (Å²) in [5.74, 6) is 0.291. The topological polar surface area (TPSA) is 71.0 Å². The number of allylic oxidation sites excluding steroid dienone is 1. The summed E-state index contributed by atoms with van der Waals surface area (Å²) in [7, 11) is 3.97. The zero-order valence-corrected chi connectivity index (χ0v) is 17.5. The molecule has 0 aliphatic heterocycles. The van der Waals surface area contributed by atoms with Gasteiger partial charge in [-0.3, -0.25) is 9.78 Å². The first-order valence-electron chi connectivity index (χ1n) is 8.92. The Morgan fingerprint density at radius 3 is 2.82 bits per heavy atom. The van der Waals surface area contributed by atoms with Crippen molar-refractivity contribution in [1.82, 2.24) is 19.9 Å². The van der Waals surface area contributed by atoms with Gasteiger partial charge in [-0.05, 0) is 57.4 Å². The molecule has 7 heteroatoms. The van der Waals surface area contributed by atoms with Crippen LogP contribution in [-0.4, -0.2) is 46.3 Å². The monoisotopic (exact) mass is 439 g/mol. The van der Waals surface area contributed by atoms with Crippen molar-refractivity contribution < 1.29 is 4.79 Å². The lowest BCUT2D eigenvalue weighted by atomic mass is 9.94. The molecule has 3 rings (SSSR count). The molecule has 3 aromatic rings. The molecule has 28 heavy (non-hydrogen) atoms. The molecule has 0 fully saturated rings. The molecule has 1 N–H and O–H groups in total. The number of anilines is 2. The van der Waals surface area contributed by atoms with Gasteiger partial charge in [0, 0.05) is 15.5 Å². The summed E-state index contributed by atoms with van der Waals surface area (Å²) in [5.41, 5.74) is 2.32. The first-order valence-corrected chi connectivity index (χ1v) is 9.71. The smallest absolute Gasteiger partial charge is 0.164 e. The number of hydrogen-bond donors (Lipinski definition) is 1. The second-order valence-electron chi connectivity index (χ2n) is 6.73. The molecule has 0 spiro atoms. The lowest BCUT2D eigenvalue weighted by Gasteiger charge is -2.17. The summed E-state index contributed by atoms with van der Waals surface area (Å²) in [4.78, 5) is 27.7. The van der Waals surface area contributed by atoms with Crippen molar-refractivity contribution in [2.75, 3.05) is 26.0 Å². The minimum Gasteiger partial charge on any atom is -0.340 e. The number of rotatable bonds is 8. The largest absolute Gasteiger partial charge is 0.340 e. The van der Waals surface area contributed by atoms with Crippen molar-refractivity contribution in [3.8, 4) is 0 Å². The van der Waals surface area contributed by atoms with Crippen molar-refractivity contribution in [2.24, 2.45) is 0 Å². The number of benzene rings is 1. The molecule has 0 amide bonds. The molecule has 2 heterocycles. The minimum absolute atomic E-state index is 0.0351. The van der Waals surface area contributed by atoms with E-state index in [1.807, 2.05) is 49.3 Å². The van der Waals surface area contributed by atoms with Crippen molar-refractivity contribution in [3.63, 3.8) is 0 Å². The summed E-state index contributed by atoms with van der Waals surface area (Å²) in [6.07, 6.45) is 5.23. The molecule has 0 bridgehead atoms. The van der Waals surface area contributed by atoms with Gasteiger partial charge in [0.15, 0.2) is 5.78 Å². The maximum atomic E-state index is 12.4. The van der Waals surface area contributed by atoms with Crippen LogP contribution in [0.3, 0.4) is 0 Å². The average molecular weight is 440 g/mol. The van der Waals surface area contributed by atoms with E-state index in [-0.39, 0.29) is 11.7 Å². The number of aromatic nitrogens is 3. The van der Waals surface area contributed by atoms with Crippen LogP contribution in [0.25, 0.3) is 10.9 Å². The first kappa shape index (κ1) is 20.1. The minimum atomic E-state index is -0.344. The Balaban J connectivity index is 2.00. The Morgan fingerprint density at radius 1 is 1.29 bits per heavy atom. The van der Waals surface area contributed by atoms with Crippen LogP contribution in [0, 0.1) is 0 Å². The van der Waals surface area contributed by atoms with Crippen molar-refractivity contribution in [2.45, 2.75) is 12.3 Å². The lowest BCUT2D eigenvalue weighted by molar-refractivity contribution is -0.116. The Labute approximate surface area is 172 Å². The highest BCUT2D eigenvalue weighted by atomic mass is 79.9. The lowest BCUT2D eigenvalue weighted by Crippen LogP contribution is -2.20. The summed E-state index contributed by atoms with van der Waals surface area (Å²) in [6, 6.07) is 9.74. The predicted octanol–water partition coefficient (Wildman–Crippen LogP) is 4.32. The molecule has 0 aliphatic carbocycles. The summed E-state index contributed by atoms with van der Waals surface area (Å²) in [6.45, 7) is 4.42. The Morgan fingerprint density at radius 2 is 2.11 bits per heavy atom. The van der Waals surface area contributed by atoms with Crippen LogP contribution >= 0.6 is 15.9 Å². The van der Waals surface area contributed by atoms with Crippen LogP contribution in [0.1, 0.15) is 18.0 Å². The van der Waals surface area contributed by atoms with Crippen molar-refractivity contribution >= 4 is 44.1 Å². The molecule has 0 saturated carbocycles. The van der Waals surface area contributed by atoms with Gasteiger partial charge in [-0.1, -0.05) is 28.6 Å². The van der Waals surface area contributed by atoms with Gasteiger partial charge in [-0.2, -0.15) is 0 Å². The number of nitrogens with one attached hydrogen (secondary N) is 1. The highest BCUT2D eigenvalue weighted by Crippen LogP contribution is 2.28. The fourth-order valence-corrected chi connectivity index (χ4v) is 3.33. The highest BCUT2D eigenvalue weighted by Gasteiger charge is 2.21. The number of carbonyl (C=O) groups excluding carboxylic acids is 1. The van der Waals surface area contributed by atoms with E-state index in [0.29, 0.717) is 23.4 Å². The molecule has 144 valence electrons. The third-order valence-electron chi connectivity index (χ3n) is 4.40. The molecule has 1 aromatic carbocycles. The number of hydrogen-bond acceptors (Lipinski definition) is 6. The zero-order valence-electron chi connectivity index (χ0n) is 15.9. The molecule has 6 nitrogen and oxygen atoms in total. The average Bonchev–Trinajstić information content (AvgIpc) is 2.68. The van der Waals surface area contributed by atoms with Crippen LogP contribution in [0.15, 0.2) is 60.0 Å². The molecular formula is C21H22BrN5O. The molecule has 2 aromatic heterocycles. The molecule has 1 unspecified atom stereocenters. The van der Waals surface area contributed by atoms with Crippen LogP contribution < -0.4 is 5.32 Å². The van der Waals surface area contributed by atoms with E-state index < -0.39 is 0 Å². The van der Waals surface area contributed by atoms with Crippen LogP contribution in [0.2, 0.25) is 0 Å². The van der Waals surface area contributed by atoms with Crippen LogP contribution in [-0.2, 0) is 4.79 Å². The van der Waals surface area contributed by atoms with E-state index in [4.69, 9.17) is 0 Å². The van der Waals surface area contributed by atoms with E-state index >= 15 is 0 Å². The van der Waals surface area contributed by atoms with Gasteiger partial charge in [0.2, 0.25) is 0 Å². The Hall–Kier alpha value is -2.64. The number of fused-ring (bicyclic) bond motifs is 1. The standard InChI is InChI=1S/C21H22BrN5O/c1-4-20(28)16(8-9-27(2)3)18-11-17-19(12-23-18)24-13-25-21(17)26-15-7-5-6-14(22)10-15/h4-7,10-13,16H,1,8-9H2,2-3H3,(H,24,25,26). The van der Waals surface area contributed by atoms with E-state index in [1.165, 1.54) is 12.4 Å².